The highest BCUT2D eigenvalue weighted by Crippen LogP contribution is 2.39. The van der Waals surface area contributed by atoms with Crippen molar-refractivity contribution in [3.63, 3.8) is 0 Å². The number of likely N-dealkylation sites (tertiary alicyclic amines) is 2. The number of carbonyl (C=O) groups is 3. The Bertz CT molecular complexity index is 1100. The maximum atomic E-state index is 12.8. The fourth-order valence-electron chi connectivity index (χ4n) is 4.22. The summed E-state index contributed by atoms with van der Waals surface area (Å²) in [6.45, 7) is 0.317. The van der Waals surface area contributed by atoms with Crippen LogP contribution in [0.5, 0.6) is 11.5 Å². The van der Waals surface area contributed by atoms with Crippen LogP contribution in [0.4, 0.5) is 4.79 Å². The summed E-state index contributed by atoms with van der Waals surface area (Å²) in [6, 6.07) is 13.2. The van der Waals surface area contributed by atoms with Crippen molar-refractivity contribution in [3.05, 3.63) is 71.3 Å². The second kappa shape index (κ2) is 9.23. The molecule has 9 nitrogen and oxygen atoms in total. The Hall–Kier alpha value is -4.01. The Kier molecular flexibility index (Phi) is 6.21. The highest BCUT2D eigenvalue weighted by atomic mass is 16.5. The Morgan fingerprint density at radius 3 is 2.42 bits per heavy atom. The van der Waals surface area contributed by atoms with Gasteiger partial charge in [0.25, 0.3) is 0 Å². The maximum Gasteiger partial charge on any atom is 0.408 e. The fraction of sp³-hybridized carbons (Fsp3) is 0.292. The van der Waals surface area contributed by atoms with Crippen LogP contribution in [0, 0.1) is 0 Å². The summed E-state index contributed by atoms with van der Waals surface area (Å²) in [4.78, 5) is 39.5. The Balaban J connectivity index is 1.52. The number of ether oxygens (including phenoxy) is 3. The van der Waals surface area contributed by atoms with E-state index in [1.807, 2.05) is 36.4 Å². The van der Waals surface area contributed by atoms with Gasteiger partial charge in [0.2, 0.25) is 5.91 Å². The number of benzene rings is 2. The number of nitrogens with zero attached hydrogens (tertiary/aromatic N) is 2. The van der Waals surface area contributed by atoms with E-state index >= 15 is 0 Å². The normalized spacial score (nSPS) is 20.3. The lowest BCUT2D eigenvalue weighted by atomic mass is 9.91. The van der Waals surface area contributed by atoms with Crippen LogP contribution >= 0.6 is 0 Å². The van der Waals surface area contributed by atoms with E-state index in [1.54, 1.807) is 17.0 Å². The number of methoxy groups -OCH3 is 2. The van der Waals surface area contributed by atoms with Crippen LogP contribution in [0.2, 0.25) is 0 Å². The van der Waals surface area contributed by atoms with Crippen LogP contribution < -0.4 is 9.47 Å². The molecular weight excluding hydrogens is 428 g/mol. The predicted octanol–water partition coefficient (Wildman–Crippen LogP) is 2.45. The molecule has 2 amide bonds. The van der Waals surface area contributed by atoms with Gasteiger partial charge in [0.05, 0.1) is 20.3 Å². The topological polar surface area (TPSA) is 106 Å². The van der Waals surface area contributed by atoms with Gasteiger partial charge in [-0.05, 0) is 28.8 Å². The van der Waals surface area contributed by atoms with Crippen molar-refractivity contribution in [2.75, 3.05) is 20.8 Å². The number of β-lactam (4-membered cyclic amide) rings is 1. The predicted molar refractivity (Wildman–Crippen MR) is 117 cm³/mol. The van der Waals surface area contributed by atoms with Crippen LogP contribution in [0.1, 0.15) is 11.1 Å². The minimum absolute atomic E-state index is 0.0285. The molecule has 4 rings (SSSR count). The molecule has 2 atom stereocenters. The minimum Gasteiger partial charge on any atom is -0.493 e. The molecule has 0 aromatic heterocycles. The number of amides is 2. The van der Waals surface area contributed by atoms with Gasteiger partial charge in [0.15, 0.2) is 11.5 Å². The molecule has 1 N–H and O–H groups in total. The molecule has 2 aliphatic rings. The lowest BCUT2D eigenvalue weighted by Gasteiger charge is -2.45. The van der Waals surface area contributed by atoms with E-state index in [2.05, 4.69) is 0 Å². The van der Waals surface area contributed by atoms with Gasteiger partial charge in [0.1, 0.15) is 12.6 Å². The van der Waals surface area contributed by atoms with E-state index in [4.69, 9.17) is 14.2 Å². The SMILES string of the molecule is COc1ccc(CN2C(=O)[C@@H]3[C@H]2C(=CC(=O)OCc2ccccc2)CN3C(=O)O)cc1OC. The van der Waals surface area contributed by atoms with Gasteiger partial charge in [-0.2, -0.15) is 0 Å². The maximum absolute atomic E-state index is 12.8. The zero-order valence-corrected chi connectivity index (χ0v) is 18.3. The first-order valence-electron chi connectivity index (χ1n) is 10.3. The second-order valence-corrected chi connectivity index (χ2v) is 7.77. The third-order valence-electron chi connectivity index (χ3n) is 5.81. The number of rotatable bonds is 7. The number of esters is 1. The van der Waals surface area contributed by atoms with Crippen LogP contribution in [-0.4, -0.2) is 65.7 Å². The van der Waals surface area contributed by atoms with Crippen molar-refractivity contribution in [3.8, 4) is 11.5 Å². The zero-order valence-electron chi connectivity index (χ0n) is 18.3. The van der Waals surface area contributed by atoms with Gasteiger partial charge < -0.3 is 24.2 Å². The van der Waals surface area contributed by atoms with Gasteiger partial charge in [-0.25, -0.2) is 9.59 Å². The molecule has 0 unspecified atom stereocenters. The van der Waals surface area contributed by atoms with Crippen molar-refractivity contribution in [2.45, 2.75) is 25.2 Å². The number of hydrogen-bond acceptors (Lipinski definition) is 6. The van der Waals surface area contributed by atoms with Gasteiger partial charge in [-0.1, -0.05) is 36.4 Å². The largest absolute Gasteiger partial charge is 0.493 e. The molecule has 9 heteroatoms. The molecule has 2 aromatic rings. The molecular formula is C24H24N2O7. The molecule has 0 spiro atoms. The van der Waals surface area contributed by atoms with E-state index in [1.165, 1.54) is 20.3 Å². The molecule has 2 heterocycles. The Morgan fingerprint density at radius 1 is 1.03 bits per heavy atom. The molecule has 2 fully saturated rings. The average molecular weight is 452 g/mol. The van der Waals surface area contributed by atoms with E-state index in [-0.39, 0.29) is 25.6 Å². The van der Waals surface area contributed by atoms with E-state index in [0.29, 0.717) is 17.1 Å². The second-order valence-electron chi connectivity index (χ2n) is 7.77. The summed E-state index contributed by atoms with van der Waals surface area (Å²) < 4.78 is 15.9. The first-order chi connectivity index (χ1) is 15.9. The molecule has 2 aromatic carbocycles. The molecule has 0 saturated carbocycles. The van der Waals surface area contributed by atoms with Gasteiger partial charge in [-0.3, -0.25) is 9.69 Å². The number of carboxylic acid groups (broad SMARTS) is 1. The van der Waals surface area contributed by atoms with Crippen molar-refractivity contribution >= 4 is 18.0 Å². The van der Waals surface area contributed by atoms with Crippen molar-refractivity contribution in [1.82, 2.24) is 9.80 Å². The fourth-order valence-corrected chi connectivity index (χ4v) is 4.22. The number of fused-ring (bicyclic) bond motifs is 1. The lowest BCUT2D eigenvalue weighted by molar-refractivity contribution is -0.152. The minimum atomic E-state index is -1.20. The third-order valence-corrected chi connectivity index (χ3v) is 5.81. The average Bonchev–Trinajstić information content (AvgIpc) is 3.16. The van der Waals surface area contributed by atoms with E-state index < -0.39 is 24.1 Å². The number of hydrogen-bond donors (Lipinski definition) is 1. The van der Waals surface area contributed by atoms with Crippen molar-refractivity contribution in [2.24, 2.45) is 0 Å². The third kappa shape index (κ3) is 4.34. The quantitative estimate of drug-likeness (QED) is 0.391. The Morgan fingerprint density at radius 2 is 1.76 bits per heavy atom. The van der Waals surface area contributed by atoms with E-state index in [0.717, 1.165) is 16.0 Å². The van der Waals surface area contributed by atoms with Crippen LogP contribution in [0.3, 0.4) is 0 Å². The highest BCUT2D eigenvalue weighted by molar-refractivity contribution is 5.96. The molecule has 0 aliphatic carbocycles. The van der Waals surface area contributed by atoms with Crippen LogP contribution in [-0.2, 0) is 27.5 Å². The molecule has 172 valence electrons. The first kappa shape index (κ1) is 22.2. The molecule has 0 radical (unpaired) electrons. The Labute approximate surface area is 190 Å². The van der Waals surface area contributed by atoms with Crippen molar-refractivity contribution < 1.29 is 33.7 Å². The molecule has 0 bridgehead atoms. The molecule has 33 heavy (non-hydrogen) atoms. The molecule has 2 aliphatic heterocycles. The smallest absolute Gasteiger partial charge is 0.408 e. The van der Waals surface area contributed by atoms with Gasteiger partial charge in [-0.15, -0.1) is 0 Å². The summed E-state index contributed by atoms with van der Waals surface area (Å²) in [5.41, 5.74) is 2.16. The summed E-state index contributed by atoms with van der Waals surface area (Å²) in [5.74, 6) is 0.204. The monoisotopic (exact) mass is 452 g/mol. The van der Waals surface area contributed by atoms with E-state index in [9.17, 15) is 19.5 Å². The summed E-state index contributed by atoms with van der Waals surface area (Å²) in [6.07, 6.45) is 0.0996. The zero-order chi connectivity index (χ0) is 23.5. The van der Waals surface area contributed by atoms with Crippen LogP contribution in [0.15, 0.2) is 60.2 Å². The highest BCUT2D eigenvalue weighted by Gasteiger charge is 2.58. The van der Waals surface area contributed by atoms with Gasteiger partial charge in [0, 0.05) is 19.2 Å². The number of carbonyl (C=O) groups excluding carboxylic acids is 2. The van der Waals surface area contributed by atoms with Crippen LogP contribution in [0.25, 0.3) is 0 Å². The first-order valence-corrected chi connectivity index (χ1v) is 10.3. The molecule has 2 saturated heterocycles. The standard InChI is InChI=1S/C24H24N2O7/c1-31-18-9-8-16(10-19(18)32-2)12-25-21-17(13-26(24(29)30)22(21)23(25)28)11-20(27)33-14-15-6-4-3-5-7-15/h3-11,21-22H,12-14H2,1-2H3,(H,29,30)/t21-,22+/m1/s1. The van der Waals surface area contributed by atoms with Gasteiger partial charge >= 0.3 is 12.1 Å². The lowest BCUT2D eigenvalue weighted by Crippen LogP contribution is -2.66. The summed E-state index contributed by atoms with van der Waals surface area (Å²) >= 11 is 0. The van der Waals surface area contributed by atoms with Crippen molar-refractivity contribution in [1.29, 1.82) is 0 Å². The summed E-state index contributed by atoms with van der Waals surface area (Å²) in [7, 11) is 3.06. The summed E-state index contributed by atoms with van der Waals surface area (Å²) in [5, 5.41) is 9.54.